The van der Waals surface area contributed by atoms with Crippen molar-refractivity contribution < 1.29 is 69.6 Å². The van der Waals surface area contributed by atoms with Crippen molar-refractivity contribution in [2.24, 2.45) is 0 Å². The summed E-state index contributed by atoms with van der Waals surface area (Å²) in [6, 6.07) is 0. The first-order chi connectivity index (χ1) is 27.4. The molecule has 2 aromatic carbocycles. The molecule has 0 heterocycles. The van der Waals surface area contributed by atoms with Crippen molar-refractivity contribution in [1.29, 1.82) is 0 Å². The van der Waals surface area contributed by atoms with E-state index in [0.29, 0.717) is 0 Å². The summed E-state index contributed by atoms with van der Waals surface area (Å²) < 4.78 is 0.552. The number of halogens is 6. The second kappa shape index (κ2) is 26.1. The molecule has 0 aliphatic carbocycles. The zero-order valence-electron chi connectivity index (χ0n) is 29.8. The third-order valence-electron chi connectivity index (χ3n) is 7.68. The largest absolute Gasteiger partial charge is 0.395 e. The predicted molar refractivity (Wildman–Crippen MR) is 258 cm³/mol. The van der Waals surface area contributed by atoms with Crippen LogP contribution in [0, 0.1) is 21.4 Å². The molecule has 58 heavy (non-hydrogen) atoms. The molecule has 2 rings (SSSR count). The van der Waals surface area contributed by atoms with Gasteiger partial charge in [0.05, 0.1) is 99.6 Å². The third kappa shape index (κ3) is 13.2. The maximum absolute atomic E-state index is 13.4. The Kier molecular flexibility index (Phi) is 24.0. The Morgan fingerprint density at radius 3 is 0.845 bits per heavy atom. The van der Waals surface area contributed by atoms with E-state index in [1.807, 2.05) is 0 Å². The van der Waals surface area contributed by atoms with E-state index in [1.54, 1.807) is 136 Å². The van der Waals surface area contributed by atoms with Gasteiger partial charge in [0.15, 0.2) is 0 Å². The van der Waals surface area contributed by atoms with Crippen LogP contribution in [0.1, 0.15) is 41.4 Å². The summed E-state index contributed by atoms with van der Waals surface area (Å²) in [7, 11) is 0. The molecule has 12 N–H and O–H groups in total. The second-order valence-corrected chi connectivity index (χ2v) is 17.9. The first-order valence-corrected chi connectivity index (χ1v) is 23.0. The van der Waals surface area contributed by atoms with Crippen molar-refractivity contribution in [3.05, 3.63) is 43.7 Å². The van der Waals surface area contributed by atoms with Crippen LogP contribution in [0.4, 0.5) is 11.4 Å². The number of anilines is 2. The van der Waals surface area contributed by atoms with Crippen LogP contribution < -0.4 is 31.1 Å². The number of nitrogens with zero attached hydrogens (tertiary/aromatic N) is 2. The Morgan fingerprint density at radius 2 is 0.655 bits per heavy atom. The highest BCUT2D eigenvalue weighted by Gasteiger charge is 2.37. The average Bonchev–Trinajstić information content (AvgIpc) is 3.18. The van der Waals surface area contributed by atoms with Crippen LogP contribution in [-0.2, 0) is 9.59 Å². The predicted octanol–water partition coefficient (Wildman–Crippen LogP) is -1.72. The van der Waals surface area contributed by atoms with E-state index >= 15 is 0 Å². The zero-order valence-corrected chi connectivity index (χ0v) is 42.8. The lowest BCUT2D eigenvalue weighted by atomic mass is 10.0. The standard InChI is InChI=1S/C32H38I6N6O14/c33-21-17(29(55)39-1-5-45)23(35)27(24(36)18(21)30(56)40-2-6-46)43(15(53)11-49)9-13(51)14(52)10-44(16(54)12-50)28-25(37)19(31(57)41-3-7-47)22(34)20(26(28)38)32(58)42-4-8-48/h13-14,45-52H,1-12H2,(H,39,55)(H,40,56)(H,41,57)(H,42,58). The topological polar surface area (TPSA) is 319 Å². The fourth-order valence-electron chi connectivity index (χ4n) is 5.03. The van der Waals surface area contributed by atoms with Gasteiger partial charge in [-0.1, -0.05) is 0 Å². The van der Waals surface area contributed by atoms with Gasteiger partial charge >= 0.3 is 0 Å². The normalized spacial score (nSPS) is 12.0. The number of amides is 6. The SMILES string of the molecule is O=C(NCCO)c1c(I)c(C(=O)NCCO)c(I)c(N(CC(O)C(O)CN(C(=O)CO)c2c(I)c(C(=O)NCCO)c(I)c(C(=O)NCCO)c2I)C(=O)CO)c1I. The first-order valence-electron chi connectivity index (χ1n) is 16.6. The maximum atomic E-state index is 13.4. The minimum Gasteiger partial charge on any atom is -0.395 e. The Labute approximate surface area is 412 Å². The number of hydrogen-bond acceptors (Lipinski definition) is 14. The molecular formula is C32H38I6N6O14. The smallest absolute Gasteiger partial charge is 0.253 e. The van der Waals surface area contributed by atoms with Crippen LogP contribution >= 0.6 is 136 Å². The van der Waals surface area contributed by atoms with E-state index in [2.05, 4.69) is 21.3 Å². The molecule has 26 heteroatoms. The third-order valence-corrected chi connectivity index (χ3v) is 14.0. The minimum atomic E-state index is -1.97. The second-order valence-electron chi connectivity index (χ2n) is 11.5. The van der Waals surface area contributed by atoms with E-state index in [9.17, 15) is 69.6 Å². The molecule has 0 aliphatic heterocycles. The number of carbonyl (C=O) groups is 6. The van der Waals surface area contributed by atoms with Crippen LogP contribution in [0.25, 0.3) is 0 Å². The summed E-state index contributed by atoms with van der Waals surface area (Å²) in [6.45, 7) is -6.30. The Morgan fingerprint density at radius 1 is 0.431 bits per heavy atom. The van der Waals surface area contributed by atoms with E-state index in [1.165, 1.54) is 0 Å². The number of nitrogens with one attached hydrogen (secondary N) is 4. The van der Waals surface area contributed by atoms with Gasteiger partial charge in [-0.2, -0.15) is 0 Å². The van der Waals surface area contributed by atoms with Crippen molar-refractivity contribution in [2.45, 2.75) is 12.2 Å². The molecule has 2 aromatic rings. The molecule has 2 unspecified atom stereocenters. The van der Waals surface area contributed by atoms with Gasteiger partial charge in [0, 0.05) is 33.3 Å². The summed E-state index contributed by atoms with van der Waals surface area (Å²) in [4.78, 5) is 82.0. The Hall–Kier alpha value is -0.680. The van der Waals surface area contributed by atoms with Crippen molar-refractivity contribution in [2.75, 3.05) is 88.7 Å². The maximum Gasteiger partial charge on any atom is 0.253 e. The molecule has 6 amide bonds. The molecule has 0 radical (unpaired) electrons. The molecule has 0 saturated carbocycles. The molecule has 0 aliphatic rings. The van der Waals surface area contributed by atoms with E-state index in [4.69, 9.17) is 0 Å². The summed E-state index contributed by atoms with van der Waals surface area (Å²) in [5.74, 6) is -5.09. The average molecular weight is 1490 g/mol. The molecule has 322 valence electrons. The van der Waals surface area contributed by atoms with Gasteiger partial charge in [0.2, 0.25) is 0 Å². The highest BCUT2D eigenvalue weighted by atomic mass is 127. The molecule has 0 saturated heterocycles. The minimum absolute atomic E-state index is 0.0723. The molecule has 2 atom stereocenters. The fourth-order valence-corrected chi connectivity index (χ4v) is 14.5. The van der Waals surface area contributed by atoms with Crippen molar-refractivity contribution in [3.63, 3.8) is 0 Å². The molecular weight excluding hydrogens is 1450 g/mol. The van der Waals surface area contributed by atoms with Crippen molar-refractivity contribution >= 4 is 182 Å². The number of aliphatic hydroxyl groups is 8. The number of rotatable bonds is 21. The van der Waals surface area contributed by atoms with Crippen LogP contribution in [0.15, 0.2) is 0 Å². The number of carbonyl (C=O) groups excluding carboxylic acids is 6. The molecule has 0 aromatic heterocycles. The number of hydrogen-bond donors (Lipinski definition) is 12. The van der Waals surface area contributed by atoms with Gasteiger partial charge < -0.3 is 71.9 Å². The van der Waals surface area contributed by atoms with Gasteiger partial charge in [0.25, 0.3) is 35.4 Å². The summed E-state index contributed by atoms with van der Waals surface area (Å²) in [6.07, 6.45) is -3.93. The number of aliphatic hydroxyl groups excluding tert-OH is 8. The van der Waals surface area contributed by atoms with Crippen LogP contribution in [0.3, 0.4) is 0 Å². The molecule has 0 bridgehead atoms. The van der Waals surface area contributed by atoms with E-state index in [-0.39, 0.29) is 81.2 Å². The Balaban J connectivity index is 2.82. The van der Waals surface area contributed by atoms with Crippen molar-refractivity contribution in [3.8, 4) is 0 Å². The van der Waals surface area contributed by atoms with Gasteiger partial charge in [-0.25, -0.2) is 0 Å². The highest BCUT2D eigenvalue weighted by molar-refractivity contribution is 14.1. The highest BCUT2D eigenvalue weighted by Crippen LogP contribution is 2.40. The van der Waals surface area contributed by atoms with E-state index in [0.717, 1.165) is 9.80 Å². The van der Waals surface area contributed by atoms with Crippen LogP contribution in [0.5, 0.6) is 0 Å². The molecule has 20 nitrogen and oxygen atoms in total. The molecule has 0 spiro atoms. The summed E-state index contributed by atoms with van der Waals surface area (Å²) in [5, 5.41) is 90.3. The first kappa shape index (κ1) is 53.5. The fraction of sp³-hybridized carbons (Fsp3) is 0.438. The number of benzene rings is 2. The summed E-state index contributed by atoms with van der Waals surface area (Å²) in [5.41, 5.74) is -0.680. The van der Waals surface area contributed by atoms with Gasteiger partial charge in [0.1, 0.15) is 13.2 Å². The van der Waals surface area contributed by atoms with E-state index < -0.39 is 100 Å². The Bertz CT molecular complexity index is 1650. The monoisotopic (exact) mass is 1490 g/mol. The zero-order chi connectivity index (χ0) is 44.0. The lowest BCUT2D eigenvalue weighted by Gasteiger charge is -2.33. The quantitative estimate of drug-likeness (QED) is 0.0619. The lowest BCUT2D eigenvalue weighted by Crippen LogP contribution is -2.50. The lowest BCUT2D eigenvalue weighted by molar-refractivity contribution is -0.123. The summed E-state index contributed by atoms with van der Waals surface area (Å²) >= 11 is 10.5. The van der Waals surface area contributed by atoms with Gasteiger partial charge in [-0.3, -0.25) is 28.8 Å². The van der Waals surface area contributed by atoms with Gasteiger partial charge in [-0.05, 0) is 136 Å². The van der Waals surface area contributed by atoms with Crippen molar-refractivity contribution in [1.82, 2.24) is 21.3 Å². The van der Waals surface area contributed by atoms with Gasteiger partial charge in [-0.15, -0.1) is 0 Å². The molecule has 0 fully saturated rings. The van der Waals surface area contributed by atoms with Crippen LogP contribution in [0.2, 0.25) is 0 Å². The van der Waals surface area contributed by atoms with Crippen LogP contribution in [-0.4, -0.2) is 167 Å².